The number of anilines is 1. The first-order valence-corrected chi connectivity index (χ1v) is 14.2. The van der Waals surface area contributed by atoms with Gasteiger partial charge in [0.2, 0.25) is 5.78 Å². The number of carbonyl (C=O) groups is 4. The molecule has 38 heavy (non-hydrogen) atoms. The fraction of sp³-hybridized carbons (Fsp3) is 0.458. The van der Waals surface area contributed by atoms with Crippen LogP contribution in [-0.2, 0) is 24.4 Å². The second-order valence-corrected chi connectivity index (χ2v) is 12.1. The van der Waals surface area contributed by atoms with Crippen LogP contribution in [0.4, 0.5) is 14.9 Å². The Morgan fingerprint density at radius 2 is 1.95 bits per heavy atom. The van der Waals surface area contributed by atoms with Crippen molar-refractivity contribution < 1.29 is 40.9 Å². The van der Waals surface area contributed by atoms with Gasteiger partial charge < -0.3 is 14.2 Å². The van der Waals surface area contributed by atoms with Crippen molar-refractivity contribution in [1.29, 1.82) is 0 Å². The number of rotatable bonds is 12. The van der Waals surface area contributed by atoms with Crippen LogP contribution in [0.2, 0.25) is 0 Å². The maximum absolute atomic E-state index is 14.6. The van der Waals surface area contributed by atoms with Gasteiger partial charge in [-0.25, -0.2) is 19.1 Å². The smallest absolute Gasteiger partial charge is 0.418 e. The first kappa shape index (κ1) is 29.2. The standard InChI is InChI=1S/C24H28FN3O8S2/c1-5-6-7-8-11-38(33,34)36-15-9-10-16(25)17(12-15)27-20(30)18(19(29)21-26-13-14(2)37-21)28-22(31)24(3,4)35-23(28)32/h9-10,12-13,18H,5-8,11H2,1-4H3,(H,27,30). The number of aryl methyl sites for hydroxylation is 1. The van der Waals surface area contributed by atoms with Crippen molar-refractivity contribution in [3.63, 3.8) is 0 Å². The molecule has 1 aliphatic heterocycles. The zero-order valence-corrected chi connectivity index (χ0v) is 22.9. The monoisotopic (exact) mass is 569 g/mol. The number of cyclic esters (lactones) is 1. The van der Waals surface area contributed by atoms with Crippen molar-refractivity contribution in [2.75, 3.05) is 11.1 Å². The molecule has 0 aliphatic carbocycles. The number of thiazole rings is 1. The number of amides is 3. The minimum atomic E-state index is -3.99. The maximum Gasteiger partial charge on any atom is 0.418 e. The molecule has 0 spiro atoms. The Morgan fingerprint density at radius 3 is 2.53 bits per heavy atom. The molecule has 3 amide bonds. The normalized spacial score (nSPS) is 15.8. The molecule has 2 heterocycles. The highest BCUT2D eigenvalue weighted by molar-refractivity contribution is 7.87. The van der Waals surface area contributed by atoms with Gasteiger partial charge in [-0.1, -0.05) is 26.2 Å². The average molecular weight is 570 g/mol. The lowest BCUT2D eigenvalue weighted by Gasteiger charge is -2.22. The van der Waals surface area contributed by atoms with E-state index in [1.54, 1.807) is 6.92 Å². The molecule has 1 fully saturated rings. The van der Waals surface area contributed by atoms with E-state index in [-0.39, 0.29) is 16.5 Å². The fourth-order valence-electron chi connectivity index (χ4n) is 3.59. The molecule has 1 aliphatic rings. The maximum atomic E-state index is 14.6. The molecule has 1 aromatic heterocycles. The summed E-state index contributed by atoms with van der Waals surface area (Å²) in [5.41, 5.74) is -2.17. The van der Waals surface area contributed by atoms with Gasteiger partial charge in [0.25, 0.3) is 11.8 Å². The number of nitrogens with zero attached hydrogens (tertiary/aromatic N) is 2. The Kier molecular flexibility index (Phi) is 8.87. The number of ether oxygens (including phenoxy) is 1. The molecule has 0 radical (unpaired) electrons. The molecule has 1 atom stereocenters. The lowest BCUT2D eigenvalue weighted by molar-refractivity contribution is -0.137. The number of aromatic nitrogens is 1. The molecule has 0 saturated carbocycles. The van der Waals surface area contributed by atoms with E-state index < -0.39 is 57.0 Å². The van der Waals surface area contributed by atoms with E-state index in [1.807, 2.05) is 6.92 Å². The summed E-state index contributed by atoms with van der Waals surface area (Å²) in [5.74, 6) is -4.65. The summed E-state index contributed by atoms with van der Waals surface area (Å²) in [6.45, 7) is 6.24. The molecular weight excluding hydrogens is 541 g/mol. The van der Waals surface area contributed by atoms with E-state index in [9.17, 15) is 32.0 Å². The third-order valence-electron chi connectivity index (χ3n) is 5.53. The van der Waals surface area contributed by atoms with Gasteiger partial charge in [-0.3, -0.25) is 14.4 Å². The van der Waals surface area contributed by atoms with Crippen LogP contribution in [0.3, 0.4) is 0 Å². The molecule has 14 heteroatoms. The number of imide groups is 1. The van der Waals surface area contributed by atoms with E-state index in [0.29, 0.717) is 22.6 Å². The largest absolute Gasteiger partial charge is 0.433 e. The van der Waals surface area contributed by atoms with Crippen LogP contribution in [0.15, 0.2) is 24.4 Å². The van der Waals surface area contributed by atoms with Crippen LogP contribution in [0.5, 0.6) is 5.75 Å². The van der Waals surface area contributed by atoms with Crippen molar-refractivity contribution in [2.45, 2.75) is 65.0 Å². The van der Waals surface area contributed by atoms with Crippen LogP contribution >= 0.6 is 11.3 Å². The molecule has 1 aromatic carbocycles. The van der Waals surface area contributed by atoms with Crippen molar-refractivity contribution in [3.05, 3.63) is 40.1 Å². The quantitative estimate of drug-likeness (QED) is 0.174. The molecule has 206 valence electrons. The summed E-state index contributed by atoms with van der Waals surface area (Å²) in [4.78, 5) is 56.8. The minimum absolute atomic E-state index is 0.153. The molecule has 3 rings (SSSR count). The van der Waals surface area contributed by atoms with Crippen molar-refractivity contribution >= 4 is 50.8 Å². The van der Waals surface area contributed by atoms with Crippen LogP contribution in [-0.4, -0.2) is 59.4 Å². The van der Waals surface area contributed by atoms with Crippen molar-refractivity contribution in [1.82, 2.24) is 9.88 Å². The molecule has 0 bridgehead atoms. The number of hydrogen-bond donors (Lipinski definition) is 1. The number of halogens is 1. The van der Waals surface area contributed by atoms with Gasteiger partial charge in [0, 0.05) is 17.1 Å². The predicted molar refractivity (Wildman–Crippen MR) is 136 cm³/mol. The lowest BCUT2D eigenvalue weighted by atomic mass is 10.1. The van der Waals surface area contributed by atoms with Crippen molar-refractivity contribution in [3.8, 4) is 5.75 Å². The van der Waals surface area contributed by atoms with Crippen LogP contribution in [0.25, 0.3) is 0 Å². The van der Waals surface area contributed by atoms with E-state index in [4.69, 9.17) is 8.92 Å². The van der Waals surface area contributed by atoms with Gasteiger partial charge in [0.05, 0.1) is 11.4 Å². The molecule has 1 unspecified atom stereocenters. The number of hydrogen-bond acceptors (Lipinski definition) is 10. The van der Waals surface area contributed by atoms with Crippen LogP contribution in [0.1, 0.15) is 61.1 Å². The zero-order valence-electron chi connectivity index (χ0n) is 21.3. The van der Waals surface area contributed by atoms with Crippen LogP contribution in [0, 0.1) is 12.7 Å². The number of nitrogens with one attached hydrogen (secondary N) is 1. The molecule has 11 nitrogen and oxygen atoms in total. The number of carbonyl (C=O) groups excluding carboxylic acids is 4. The Hall–Kier alpha value is -3.39. The molecule has 1 saturated heterocycles. The number of Topliss-reactive ketones (excluding diaryl/α,β-unsaturated/α-hetero) is 1. The van der Waals surface area contributed by atoms with Crippen molar-refractivity contribution in [2.24, 2.45) is 0 Å². The first-order valence-electron chi connectivity index (χ1n) is 11.8. The number of benzene rings is 1. The Morgan fingerprint density at radius 1 is 1.24 bits per heavy atom. The summed E-state index contributed by atoms with van der Waals surface area (Å²) in [5, 5.41) is 2.01. The highest BCUT2D eigenvalue weighted by Gasteiger charge is 2.54. The van der Waals surface area contributed by atoms with E-state index >= 15 is 0 Å². The summed E-state index contributed by atoms with van der Waals surface area (Å²) >= 11 is 0.939. The predicted octanol–water partition coefficient (Wildman–Crippen LogP) is 3.83. The zero-order chi connectivity index (χ0) is 28.3. The average Bonchev–Trinajstić information content (AvgIpc) is 3.34. The highest BCUT2D eigenvalue weighted by atomic mass is 32.2. The van der Waals surface area contributed by atoms with Crippen LogP contribution < -0.4 is 9.50 Å². The second-order valence-electron chi connectivity index (χ2n) is 9.13. The number of ketones is 1. The Balaban J connectivity index is 1.88. The van der Waals surface area contributed by atoms with E-state index in [1.165, 1.54) is 20.0 Å². The summed E-state index contributed by atoms with van der Waals surface area (Å²) in [7, 11) is -3.99. The Bertz CT molecular complexity index is 1360. The highest BCUT2D eigenvalue weighted by Crippen LogP contribution is 2.29. The summed E-state index contributed by atoms with van der Waals surface area (Å²) in [6.07, 6.45) is 3.03. The Labute approximate surface area is 223 Å². The van der Waals surface area contributed by atoms with Gasteiger partial charge in [-0.15, -0.1) is 11.3 Å². The molecular formula is C24H28FN3O8S2. The van der Waals surface area contributed by atoms with Gasteiger partial charge in [0.1, 0.15) is 11.6 Å². The lowest BCUT2D eigenvalue weighted by Crippen LogP contribution is -2.53. The molecule has 1 N–H and O–H groups in total. The van der Waals surface area contributed by atoms with Gasteiger partial charge in [0.15, 0.2) is 16.7 Å². The third kappa shape index (κ3) is 6.72. The SMILES string of the molecule is CCCCCCS(=O)(=O)Oc1ccc(F)c(NC(=O)C(C(=O)c2ncc(C)s2)N2C(=O)OC(C)(C)C2=O)c1. The number of unbranched alkanes of at least 4 members (excludes halogenated alkanes) is 3. The van der Waals surface area contributed by atoms with Gasteiger partial charge in [-0.05, 0) is 39.3 Å². The topological polar surface area (TPSA) is 149 Å². The van der Waals surface area contributed by atoms with E-state index in [2.05, 4.69) is 10.3 Å². The molecule has 2 aromatic rings. The van der Waals surface area contributed by atoms with E-state index in [0.717, 1.165) is 42.4 Å². The van der Waals surface area contributed by atoms with Gasteiger partial charge in [-0.2, -0.15) is 8.42 Å². The fourth-order valence-corrected chi connectivity index (χ4v) is 5.36. The third-order valence-corrected chi connectivity index (χ3v) is 7.69. The minimum Gasteiger partial charge on any atom is -0.433 e. The first-order chi connectivity index (χ1) is 17.8. The van der Waals surface area contributed by atoms with Gasteiger partial charge >= 0.3 is 16.2 Å². The summed E-state index contributed by atoms with van der Waals surface area (Å²) in [6, 6.07) is 0.810. The second kappa shape index (κ2) is 11.6. The summed E-state index contributed by atoms with van der Waals surface area (Å²) < 4.78 is 49.3.